The van der Waals surface area contributed by atoms with Crippen LogP contribution in [0.3, 0.4) is 0 Å². The molecule has 0 unspecified atom stereocenters. The number of nitrogens with zero attached hydrogens (tertiary/aromatic N) is 2. The van der Waals surface area contributed by atoms with Crippen molar-refractivity contribution < 1.29 is 14.1 Å². The number of carbonyl (C=O) groups excluding carboxylic acids is 1. The summed E-state index contributed by atoms with van der Waals surface area (Å²) in [5.41, 5.74) is 0.0620. The molecule has 0 fully saturated rings. The lowest BCUT2D eigenvalue weighted by Crippen LogP contribution is -2.26. The molecule has 0 bridgehead atoms. The van der Waals surface area contributed by atoms with Crippen molar-refractivity contribution in [2.45, 2.75) is 13.0 Å². The van der Waals surface area contributed by atoms with E-state index in [4.69, 9.17) is 0 Å². The van der Waals surface area contributed by atoms with Gasteiger partial charge >= 0.3 is 5.69 Å². The van der Waals surface area contributed by atoms with Gasteiger partial charge in [-0.05, 0) is 11.6 Å². The lowest BCUT2D eigenvalue weighted by atomic mass is 10.2. The predicted molar refractivity (Wildman–Crippen MR) is 68.1 cm³/mol. The Morgan fingerprint density at radius 3 is 2.68 bits per heavy atom. The first-order valence-electron chi connectivity index (χ1n) is 5.75. The van der Waals surface area contributed by atoms with Crippen LogP contribution in [-0.4, -0.2) is 36.4 Å². The molecule has 0 saturated heterocycles. The van der Waals surface area contributed by atoms with Crippen LogP contribution in [0, 0.1) is 15.9 Å². The van der Waals surface area contributed by atoms with Crippen LogP contribution in [0.1, 0.15) is 12.0 Å². The Kier molecular flexibility index (Phi) is 5.37. The second-order valence-electron chi connectivity index (χ2n) is 4.26. The van der Waals surface area contributed by atoms with Crippen molar-refractivity contribution in [2.24, 2.45) is 0 Å². The van der Waals surface area contributed by atoms with Crippen LogP contribution >= 0.6 is 0 Å². The zero-order valence-electron chi connectivity index (χ0n) is 10.9. The number of nitro benzene ring substituents is 1. The van der Waals surface area contributed by atoms with E-state index in [1.807, 2.05) is 0 Å². The van der Waals surface area contributed by atoms with Crippen molar-refractivity contribution >= 4 is 11.6 Å². The molecular formula is C12H16FN3O3. The highest BCUT2D eigenvalue weighted by atomic mass is 19.1. The molecule has 0 radical (unpaired) electrons. The summed E-state index contributed by atoms with van der Waals surface area (Å²) in [6, 6.07) is 3.75. The molecule has 0 saturated carbocycles. The molecule has 0 atom stereocenters. The predicted octanol–water partition coefficient (Wildman–Crippen LogP) is 1.30. The molecule has 104 valence electrons. The topological polar surface area (TPSA) is 75.5 Å². The van der Waals surface area contributed by atoms with Gasteiger partial charge in [0, 0.05) is 39.7 Å². The summed E-state index contributed by atoms with van der Waals surface area (Å²) in [5.74, 6) is -0.851. The molecule has 0 aliphatic heterocycles. The van der Waals surface area contributed by atoms with Crippen LogP contribution in [0.4, 0.5) is 10.1 Å². The molecule has 1 rings (SSSR count). The van der Waals surface area contributed by atoms with Crippen molar-refractivity contribution in [3.63, 3.8) is 0 Å². The first kappa shape index (κ1) is 15.0. The van der Waals surface area contributed by atoms with E-state index in [1.54, 1.807) is 14.1 Å². The van der Waals surface area contributed by atoms with Gasteiger partial charge < -0.3 is 10.2 Å². The minimum absolute atomic E-state index is 0.00220. The Labute approximate surface area is 110 Å². The highest BCUT2D eigenvalue weighted by Gasteiger charge is 2.13. The molecule has 1 amide bonds. The van der Waals surface area contributed by atoms with Gasteiger partial charge in [-0.1, -0.05) is 6.07 Å². The van der Waals surface area contributed by atoms with Crippen molar-refractivity contribution in [3.05, 3.63) is 39.7 Å². The number of amides is 1. The fourth-order valence-electron chi connectivity index (χ4n) is 1.46. The second-order valence-corrected chi connectivity index (χ2v) is 4.26. The van der Waals surface area contributed by atoms with E-state index in [0.29, 0.717) is 25.1 Å². The Balaban J connectivity index is 2.44. The second kappa shape index (κ2) is 6.79. The monoisotopic (exact) mass is 269 g/mol. The van der Waals surface area contributed by atoms with Crippen molar-refractivity contribution in [3.8, 4) is 0 Å². The summed E-state index contributed by atoms with van der Waals surface area (Å²) in [4.78, 5) is 22.5. The maximum atomic E-state index is 13.3. The lowest BCUT2D eigenvalue weighted by molar-refractivity contribution is -0.387. The zero-order valence-corrected chi connectivity index (χ0v) is 10.9. The fraction of sp³-hybridized carbons (Fsp3) is 0.417. The van der Waals surface area contributed by atoms with Gasteiger partial charge in [0.15, 0.2) is 0 Å². The van der Waals surface area contributed by atoms with E-state index < -0.39 is 16.4 Å². The summed E-state index contributed by atoms with van der Waals surface area (Å²) < 4.78 is 13.3. The van der Waals surface area contributed by atoms with Crippen LogP contribution in [0.5, 0.6) is 0 Å². The minimum atomic E-state index is -0.853. The summed E-state index contributed by atoms with van der Waals surface area (Å²) in [6.07, 6.45) is 0.350. The van der Waals surface area contributed by atoms with Gasteiger partial charge in [0.2, 0.25) is 11.7 Å². The van der Waals surface area contributed by atoms with E-state index in [9.17, 15) is 19.3 Å². The van der Waals surface area contributed by atoms with Crippen LogP contribution in [0.25, 0.3) is 0 Å². The number of carbonyl (C=O) groups is 1. The number of nitrogens with one attached hydrogen (secondary N) is 1. The zero-order chi connectivity index (χ0) is 14.4. The molecule has 1 aromatic carbocycles. The van der Waals surface area contributed by atoms with Crippen molar-refractivity contribution in [1.29, 1.82) is 0 Å². The number of rotatable bonds is 6. The number of hydrogen-bond acceptors (Lipinski definition) is 4. The third kappa shape index (κ3) is 4.63. The lowest BCUT2D eigenvalue weighted by Gasteiger charge is -2.10. The van der Waals surface area contributed by atoms with Crippen LogP contribution in [0.2, 0.25) is 0 Å². The van der Waals surface area contributed by atoms with Gasteiger partial charge in [-0.25, -0.2) is 0 Å². The Bertz CT molecular complexity index is 477. The van der Waals surface area contributed by atoms with E-state index >= 15 is 0 Å². The van der Waals surface area contributed by atoms with Gasteiger partial charge in [-0.3, -0.25) is 14.9 Å². The number of halogens is 1. The fourth-order valence-corrected chi connectivity index (χ4v) is 1.46. The summed E-state index contributed by atoms with van der Waals surface area (Å²) in [5, 5.41) is 13.4. The van der Waals surface area contributed by atoms with E-state index in [0.717, 1.165) is 12.1 Å². The van der Waals surface area contributed by atoms with Gasteiger partial charge in [0.25, 0.3) is 0 Å². The van der Waals surface area contributed by atoms with Crippen molar-refractivity contribution in [2.75, 3.05) is 20.6 Å². The van der Waals surface area contributed by atoms with Gasteiger partial charge in [0.05, 0.1) is 4.92 Å². The molecule has 19 heavy (non-hydrogen) atoms. The number of hydrogen-bond donors (Lipinski definition) is 1. The molecular weight excluding hydrogens is 253 g/mol. The summed E-state index contributed by atoms with van der Waals surface area (Å²) in [7, 11) is 3.35. The normalized spacial score (nSPS) is 10.3. The molecule has 7 heteroatoms. The van der Waals surface area contributed by atoms with Gasteiger partial charge in [-0.2, -0.15) is 4.39 Å². The van der Waals surface area contributed by atoms with E-state index in [-0.39, 0.29) is 5.91 Å². The Morgan fingerprint density at radius 2 is 2.16 bits per heavy atom. The SMILES string of the molecule is CN(C)C(=O)CCNCc1ccc([N+](=O)[O-])c(F)c1. The third-order valence-electron chi connectivity index (χ3n) is 2.55. The first-order chi connectivity index (χ1) is 8.91. The third-order valence-corrected chi connectivity index (χ3v) is 2.55. The molecule has 0 aliphatic carbocycles. The Hall–Kier alpha value is -2.02. The smallest absolute Gasteiger partial charge is 0.304 e. The molecule has 6 nitrogen and oxygen atoms in total. The first-order valence-corrected chi connectivity index (χ1v) is 5.75. The molecule has 0 aromatic heterocycles. The van der Waals surface area contributed by atoms with Crippen molar-refractivity contribution in [1.82, 2.24) is 10.2 Å². The highest BCUT2D eigenvalue weighted by Crippen LogP contribution is 2.17. The largest absolute Gasteiger partial charge is 0.349 e. The van der Waals surface area contributed by atoms with Gasteiger partial charge in [0.1, 0.15) is 0 Å². The molecule has 0 aliphatic rings. The number of benzene rings is 1. The van der Waals surface area contributed by atoms with E-state index in [1.165, 1.54) is 11.0 Å². The average molecular weight is 269 g/mol. The quantitative estimate of drug-likeness (QED) is 0.480. The van der Waals surface area contributed by atoms with Crippen LogP contribution < -0.4 is 5.32 Å². The maximum Gasteiger partial charge on any atom is 0.304 e. The average Bonchev–Trinajstić information content (AvgIpc) is 2.33. The Morgan fingerprint density at radius 1 is 1.47 bits per heavy atom. The summed E-state index contributed by atoms with van der Waals surface area (Å²) in [6.45, 7) is 0.825. The molecule has 0 spiro atoms. The van der Waals surface area contributed by atoms with E-state index in [2.05, 4.69) is 5.32 Å². The molecule has 0 heterocycles. The standard InChI is InChI=1S/C12H16FN3O3/c1-15(2)12(17)5-6-14-8-9-3-4-11(16(18)19)10(13)7-9/h3-4,7,14H,5-6,8H2,1-2H3. The highest BCUT2D eigenvalue weighted by molar-refractivity contribution is 5.75. The van der Waals surface area contributed by atoms with Crippen LogP contribution in [0.15, 0.2) is 18.2 Å². The van der Waals surface area contributed by atoms with Gasteiger partial charge in [-0.15, -0.1) is 0 Å². The summed E-state index contributed by atoms with van der Waals surface area (Å²) >= 11 is 0. The molecule has 1 aromatic rings. The minimum Gasteiger partial charge on any atom is -0.349 e. The molecule has 1 N–H and O–H groups in total. The van der Waals surface area contributed by atoms with Crippen LogP contribution in [-0.2, 0) is 11.3 Å². The number of nitro groups is 1. The maximum absolute atomic E-state index is 13.3.